The van der Waals surface area contributed by atoms with Crippen LogP contribution in [0.1, 0.15) is 30.9 Å². The Hall–Kier alpha value is -1.25. The van der Waals surface area contributed by atoms with Gasteiger partial charge in [0.15, 0.2) is 0 Å². The Labute approximate surface area is 145 Å². The van der Waals surface area contributed by atoms with Crippen LogP contribution in [0.15, 0.2) is 23.4 Å². The molecule has 0 aliphatic heterocycles. The first-order valence-electron chi connectivity index (χ1n) is 8.66. The maximum atomic E-state index is 6.22. The number of unbranched alkanes of at least 4 members (excludes halogenated alkanes) is 1. The van der Waals surface area contributed by atoms with Gasteiger partial charge in [-0.1, -0.05) is 64.6 Å². The van der Waals surface area contributed by atoms with E-state index >= 15 is 0 Å². The van der Waals surface area contributed by atoms with Crippen molar-refractivity contribution in [1.29, 1.82) is 0 Å². The second-order valence-electron chi connectivity index (χ2n) is 8.37. The average Bonchev–Trinajstić information content (AvgIpc) is 2.41. The highest BCUT2D eigenvalue weighted by Gasteiger charge is 2.19. The van der Waals surface area contributed by atoms with Crippen LogP contribution in [0.2, 0.25) is 39.3 Å². The van der Waals surface area contributed by atoms with Gasteiger partial charge in [-0.2, -0.15) is 0 Å². The van der Waals surface area contributed by atoms with Crippen molar-refractivity contribution in [3.63, 3.8) is 0 Å². The summed E-state index contributed by atoms with van der Waals surface area (Å²) in [7, 11) is -2.85. The van der Waals surface area contributed by atoms with Gasteiger partial charge in [-0.25, -0.2) is 0 Å². The van der Waals surface area contributed by atoms with Crippen molar-refractivity contribution in [2.45, 2.75) is 65.5 Å². The van der Waals surface area contributed by atoms with Crippen molar-refractivity contribution in [3.05, 3.63) is 34.5 Å². The Morgan fingerprint density at radius 3 is 2.30 bits per heavy atom. The number of nitrogens with two attached hydrogens (primary N) is 1. The fourth-order valence-corrected chi connectivity index (χ4v) is 3.80. The molecule has 0 amide bonds. The fourth-order valence-electron chi connectivity index (χ4n) is 2.14. The molecule has 0 aliphatic rings. The van der Waals surface area contributed by atoms with Gasteiger partial charge in [0, 0.05) is 5.69 Å². The maximum Gasteiger partial charge on any atom is 0.129 e. The molecule has 0 saturated heterocycles. The molecule has 1 aromatic carbocycles. The maximum absolute atomic E-state index is 6.22. The Kier molecular flexibility index (Phi) is 6.91. The van der Waals surface area contributed by atoms with Crippen molar-refractivity contribution in [3.8, 4) is 11.5 Å². The lowest BCUT2D eigenvalue weighted by atomic mass is 10.0. The van der Waals surface area contributed by atoms with E-state index in [2.05, 4.69) is 75.9 Å². The standard InChI is InChI=1S/C20H33NSi2/c1-8-9-10-17-11-12-20(21)18(15-17)16-19(23(5,6)7)13-14-22(2,3)4/h11-12,15-16H,8-10,21H2,1-7H3/b19-16+. The number of benzene rings is 1. The van der Waals surface area contributed by atoms with Crippen molar-refractivity contribution in [2.24, 2.45) is 0 Å². The molecular weight excluding hydrogens is 310 g/mol. The molecule has 0 radical (unpaired) electrons. The third-order valence-corrected chi connectivity index (χ3v) is 6.41. The van der Waals surface area contributed by atoms with Gasteiger partial charge in [0.2, 0.25) is 0 Å². The zero-order valence-electron chi connectivity index (χ0n) is 16.0. The smallest absolute Gasteiger partial charge is 0.129 e. The quantitative estimate of drug-likeness (QED) is 0.411. The van der Waals surface area contributed by atoms with Gasteiger partial charge < -0.3 is 5.73 Å². The summed E-state index contributed by atoms with van der Waals surface area (Å²) in [6.45, 7) is 16.2. The molecule has 0 unspecified atom stereocenters. The number of anilines is 1. The molecule has 0 atom stereocenters. The molecule has 0 fully saturated rings. The SMILES string of the molecule is CCCCc1ccc(N)c(/C=C(\C#C[Si](C)(C)C)[Si](C)(C)C)c1. The first-order chi connectivity index (χ1) is 10.5. The van der Waals surface area contributed by atoms with Crippen LogP contribution in [0.5, 0.6) is 0 Å². The summed E-state index contributed by atoms with van der Waals surface area (Å²) in [6, 6.07) is 6.45. The molecule has 2 N–H and O–H groups in total. The minimum Gasteiger partial charge on any atom is -0.398 e. The van der Waals surface area contributed by atoms with Crippen molar-refractivity contribution < 1.29 is 0 Å². The van der Waals surface area contributed by atoms with E-state index in [4.69, 9.17) is 5.73 Å². The Morgan fingerprint density at radius 1 is 1.13 bits per heavy atom. The third kappa shape index (κ3) is 7.24. The zero-order chi connectivity index (χ0) is 17.7. The Morgan fingerprint density at radius 2 is 1.78 bits per heavy atom. The van der Waals surface area contributed by atoms with Gasteiger partial charge in [-0.15, -0.1) is 5.54 Å². The van der Waals surface area contributed by atoms with E-state index in [0.29, 0.717) is 0 Å². The Balaban J connectivity index is 3.28. The molecule has 1 rings (SSSR count). The summed E-state index contributed by atoms with van der Waals surface area (Å²) in [5, 5.41) is 1.30. The van der Waals surface area contributed by atoms with Crippen LogP contribution in [0.4, 0.5) is 5.69 Å². The molecule has 1 nitrogen and oxygen atoms in total. The lowest BCUT2D eigenvalue weighted by Gasteiger charge is -2.17. The monoisotopic (exact) mass is 343 g/mol. The second-order valence-corrected chi connectivity index (χ2v) is 18.2. The van der Waals surface area contributed by atoms with E-state index in [0.717, 1.165) is 17.7 Å². The van der Waals surface area contributed by atoms with E-state index < -0.39 is 16.1 Å². The number of nitrogen functional groups attached to an aromatic ring is 1. The molecule has 1 aromatic rings. The number of allylic oxidation sites excluding steroid dienone is 1. The minimum absolute atomic E-state index is 0.857. The highest BCUT2D eigenvalue weighted by Crippen LogP contribution is 2.23. The molecule has 126 valence electrons. The molecule has 0 aromatic heterocycles. The highest BCUT2D eigenvalue weighted by atomic mass is 28.3. The van der Waals surface area contributed by atoms with Crippen LogP contribution in [0, 0.1) is 11.5 Å². The molecule has 0 saturated carbocycles. The van der Waals surface area contributed by atoms with Gasteiger partial charge in [-0.05, 0) is 47.4 Å². The van der Waals surface area contributed by atoms with E-state index in [1.54, 1.807) is 0 Å². The summed E-state index contributed by atoms with van der Waals surface area (Å²) in [5.41, 5.74) is 13.1. The minimum atomic E-state index is -1.48. The van der Waals surface area contributed by atoms with Gasteiger partial charge in [0.05, 0.1) is 8.07 Å². The number of rotatable bonds is 5. The number of hydrogen-bond acceptors (Lipinski definition) is 1. The molecule has 0 bridgehead atoms. The topological polar surface area (TPSA) is 26.0 Å². The van der Waals surface area contributed by atoms with Crippen LogP contribution < -0.4 is 5.73 Å². The van der Waals surface area contributed by atoms with E-state index in [-0.39, 0.29) is 0 Å². The summed E-state index contributed by atoms with van der Waals surface area (Å²) < 4.78 is 0. The third-order valence-electron chi connectivity index (χ3n) is 3.65. The molecular formula is C20H33NSi2. The zero-order valence-corrected chi connectivity index (χ0v) is 18.0. The van der Waals surface area contributed by atoms with Crippen LogP contribution >= 0.6 is 0 Å². The van der Waals surface area contributed by atoms with Crippen molar-refractivity contribution >= 4 is 27.9 Å². The summed E-state index contributed by atoms with van der Waals surface area (Å²) >= 11 is 0. The summed E-state index contributed by atoms with van der Waals surface area (Å²) in [4.78, 5) is 0. The first-order valence-corrected chi connectivity index (χ1v) is 15.7. The van der Waals surface area contributed by atoms with Gasteiger partial charge in [-0.3, -0.25) is 0 Å². The first kappa shape index (κ1) is 19.8. The number of hydrogen-bond donors (Lipinski definition) is 1. The van der Waals surface area contributed by atoms with Crippen molar-refractivity contribution in [2.75, 3.05) is 5.73 Å². The Bertz CT molecular complexity index is 620. The molecule has 3 heteroatoms. The molecule has 23 heavy (non-hydrogen) atoms. The lowest BCUT2D eigenvalue weighted by molar-refractivity contribution is 0.795. The van der Waals surface area contributed by atoms with Crippen LogP contribution in [0.25, 0.3) is 6.08 Å². The van der Waals surface area contributed by atoms with E-state index in [1.165, 1.54) is 23.6 Å². The molecule has 0 spiro atoms. The van der Waals surface area contributed by atoms with Gasteiger partial charge >= 0.3 is 0 Å². The normalized spacial score (nSPS) is 12.7. The summed E-state index contributed by atoms with van der Waals surface area (Å²) in [5.74, 6) is 3.52. The van der Waals surface area contributed by atoms with Gasteiger partial charge in [0.1, 0.15) is 8.07 Å². The molecule has 0 aliphatic carbocycles. The van der Waals surface area contributed by atoms with Gasteiger partial charge in [0.25, 0.3) is 0 Å². The second kappa shape index (κ2) is 8.03. The summed E-state index contributed by atoms with van der Waals surface area (Å²) in [6.07, 6.45) is 5.82. The average molecular weight is 344 g/mol. The van der Waals surface area contributed by atoms with Crippen LogP contribution in [-0.2, 0) is 6.42 Å². The largest absolute Gasteiger partial charge is 0.398 e. The lowest BCUT2D eigenvalue weighted by Crippen LogP contribution is -2.24. The van der Waals surface area contributed by atoms with E-state index in [1.807, 2.05) is 6.07 Å². The van der Waals surface area contributed by atoms with Crippen LogP contribution in [-0.4, -0.2) is 16.1 Å². The van der Waals surface area contributed by atoms with Crippen molar-refractivity contribution in [1.82, 2.24) is 0 Å². The predicted molar refractivity (Wildman–Crippen MR) is 112 cm³/mol. The highest BCUT2D eigenvalue weighted by molar-refractivity contribution is 6.86. The van der Waals surface area contributed by atoms with Crippen LogP contribution in [0.3, 0.4) is 0 Å². The van der Waals surface area contributed by atoms with E-state index in [9.17, 15) is 0 Å². The predicted octanol–water partition coefficient (Wildman–Crippen LogP) is 5.75. The molecule has 0 heterocycles. The number of aryl methyl sites for hydroxylation is 1. The fraction of sp³-hybridized carbons (Fsp3) is 0.500.